The highest BCUT2D eigenvalue weighted by Crippen LogP contribution is 2.28. The fourth-order valence-electron chi connectivity index (χ4n) is 2.56. The Balaban J connectivity index is 2.09. The van der Waals surface area contributed by atoms with E-state index in [0.717, 1.165) is 17.2 Å². The molecule has 1 aromatic carbocycles. The maximum atomic E-state index is 4.67. The SMILES string of the molecule is Cc1ccc2sc(NCC(C(C)C)C(C)C)nc2c1. The lowest BCUT2D eigenvalue weighted by molar-refractivity contribution is 0.304. The molecule has 0 unspecified atom stereocenters. The molecule has 19 heavy (non-hydrogen) atoms. The molecule has 0 aliphatic heterocycles. The lowest BCUT2D eigenvalue weighted by Gasteiger charge is -2.24. The number of aromatic nitrogens is 1. The van der Waals surface area contributed by atoms with Gasteiger partial charge in [-0.3, -0.25) is 0 Å². The van der Waals surface area contributed by atoms with Crippen LogP contribution in [0.15, 0.2) is 18.2 Å². The van der Waals surface area contributed by atoms with Crippen LogP contribution in [0.1, 0.15) is 33.3 Å². The molecule has 104 valence electrons. The number of thiazole rings is 1. The van der Waals surface area contributed by atoms with E-state index in [1.807, 2.05) is 0 Å². The van der Waals surface area contributed by atoms with Crippen LogP contribution in [0.4, 0.5) is 5.13 Å². The molecule has 0 saturated carbocycles. The van der Waals surface area contributed by atoms with Crippen molar-refractivity contribution in [2.75, 3.05) is 11.9 Å². The molecule has 1 N–H and O–H groups in total. The lowest BCUT2D eigenvalue weighted by atomic mass is 9.86. The van der Waals surface area contributed by atoms with Gasteiger partial charge in [-0.15, -0.1) is 0 Å². The summed E-state index contributed by atoms with van der Waals surface area (Å²) in [4.78, 5) is 4.67. The topological polar surface area (TPSA) is 24.9 Å². The number of fused-ring (bicyclic) bond motifs is 1. The summed E-state index contributed by atoms with van der Waals surface area (Å²) in [6.07, 6.45) is 0. The van der Waals surface area contributed by atoms with E-state index in [2.05, 4.69) is 63.1 Å². The minimum Gasteiger partial charge on any atom is -0.361 e. The molecule has 0 spiro atoms. The van der Waals surface area contributed by atoms with Crippen molar-refractivity contribution in [3.8, 4) is 0 Å². The van der Waals surface area contributed by atoms with E-state index in [0.29, 0.717) is 17.8 Å². The van der Waals surface area contributed by atoms with E-state index in [-0.39, 0.29) is 0 Å². The monoisotopic (exact) mass is 276 g/mol. The van der Waals surface area contributed by atoms with E-state index in [1.54, 1.807) is 11.3 Å². The van der Waals surface area contributed by atoms with Crippen LogP contribution in [-0.4, -0.2) is 11.5 Å². The normalized spacial score (nSPS) is 12.0. The van der Waals surface area contributed by atoms with Gasteiger partial charge in [0.25, 0.3) is 0 Å². The molecule has 1 aromatic heterocycles. The van der Waals surface area contributed by atoms with Crippen LogP contribution < -0.4 is 5.32 Å². The third-order valence-corrected chi connectivity index (χ3v) is 4.74. The maximum Gasteiger partial charge on any atom is 0.183 e. The zero-order chi connectivity index (χ0) is 14.0. The van der Waals surface area contributed by atoms with E-state index < -0.39 is 0 Å². The summed E-state index contributed by atoms with van der Waals surface area (Å²) < 4.78 is 1.26. The van der Waals surface area contributed by atoms with Gasteiger partial charge in [-0.2, -0.15) is 0 Å². The highest BCUT2D eigenvalue weighted by Gasteiger charge is 2.17. The number of nitrogens with one attached hydrogen (secondary N) is 1. The summed E-state index contributed by atoms with van der Waals surface area (Å²) in [6, 6.07) is 6.46. The number of nitrogens with zero attached hydrogens (tertiary/aromatic N) is 1. The zero-order valence-corrected chi connectivity index (χ0v) is 13.3. The number of anilines is 1. The van der Waals surface area contributed by atoms with Crippen molar-refractivity contribution in [3.05, 3.63) is 23.8 Å². The van der Waals surface area contributed by atoms with E-state index in [1.165, 1.54) is 10.3 Å². The van der Waals surface area contributed by atoms with Crippen LogP contribution >= 0.6 is 11.3 Å². The van der Waals surface area contributed by atoms with Gasteiger partial charge < -0.3 is 5.32 Å². The second kappa shape index (κ2) is 5.91. The van der Waals surface area contributed by atoms with Crippen molar-refractivity contribution >= 4 is 26.7 Å². The first kappa shape index (κ1) is 14.3. The third-order valence-electron chi connectivity index (χ3n) is 3.74. The van der Waals surface area contributed by atoms with Crippen molar-refractivity contribution in [1.29, 1.82) is 0 Å². The van der Waals surface area contributed by atoms with Gasteiger partial charge in [0.2, 0.25) is 0 Å². The van der Waals surface area contributed by atoms with Crippen LogP contribution in [-0.2, 0) is 0 Å². The quantitative estimate of drug-likeness (QED) is 0.836. The summed E-state index contributed by atoms with van der Waals surface area (Å²) in [6.45, 7) is 12.3. The summed E-state index contributed by atoms with van der Waals surface area (Å²) in [5, 5.41) is 4.57. The Hall–Kier alpha value is -1.09. The summed E-state index contributed by atoms with van der Waals surface area (Å²) in [5.41, 5.74) is 2.38. The molecule has 2 rings (SSSR count). The minimum absolute atomic E-state index is 0.689. The fraction of sp³-hybridized carbons (Fsp3) is 0.562. The number of hydrogen-bond donors (Lipinski definition) is 1. The third kappa shape index (κ3) is 3.47. The van der Waals surface area contributed by atoms with Crippen LogP contribution in [0.5, 0.6) is 0 Å². The van der Waals surface area contributed by atoms with Crippen molar-refractivity contribution < 1.29 is 0 Å². The summed E-state index contributed by atoms with van der Waals surface area (Å²) in [5.74, 6) is 2.09. The van der Waals surface area contributed by atoms with Gasteiger partial charge in [0, 0.05) is 6.54 Å². The van der Waals surface area contributed by atoms with Gasteiger partial charge in [0.15, 0.2) is 5.13 Å². The Bertz CT molecular complexity index is 535. The smallest absolute Gasteiger partial charge is 0.183 e. The molecule has 0 aliphatic carbocycles. The van der Waals surface area contributed by atoms with Gasteiger partial charge in [-0.05, 0) is 42.4 Å². The maximum absolute atomic E-state index is 4.67. The van der Waals surface area contributed by atoms with E-state index in [9.17, 15) is 0 Å². The molecule has 0 atom stereocenters. The highest BCUT2D eigenvalue weighted by atomic mass is 32.1. The van der Waals surface area contributed by atoms with E-state index >= 15 is 0 Å². The molecule has 0 bridgehead atoms. The number of aryl methyl sites for hydroxylation is 1. The molecule has 0 radical (unpaired) electrons. The van der Waals surface area contributed by atoms with Crippen molar-refractivity contribution in [3.63, 3.8) is 0 Å². The van der Waals surface area contributed by atoms with E-state index in [4.69, 9.17) is 0 Å². The van der Waals surface area contributed by atoms with Gasteiger partial charge in [0.05, 0.1) is 10.2 Å². The Labute approximate surface area is 120 Å². The fourth-order valence-corrected chi connectivity index (χ4v) is 3.41. The highest BCUT2D eigenvalue weighted by molar-refractivity contribution is 7.22. The summed E-state index contributed by atoms with van der Waals surface area (Å²) >= 11 is 1.75. The second-order valence-corrected chi connectivity index (χ2v) is 7.05. The Morgan fingerprint density at radius 1 is 1.16 bits per heavy atom. The Morgan fingerprint density at radius 2 is 1.84 bits per heavy atom. The first-order chi connectivity index (χ1) is 8.97. The average molecular weight is 276 g/mol. The zero-order valence-electron chi connectivity index (χ0n) is 12.5. The predicted octanol–water partition coefficient (Wildman–Crippen LogP) is 4.94. The molecular weight excluding hydrogens is 252 g/mol. The second-order valence-electron chi connectivity index (χ2n) is 6.02. The average Bonchev–Trinajstić information content (AvgIpc) is 2.70. The molecule has 0 amide bonds. The number of hydrogen-bond acceptors (Lipinski definition) is 3. The summed E-state index contributed by atoms with van der Waals surface area (Å²) in [7, 11) is 0. The largest absolute Gasteiger partial charge is 0.361 e. The molecule has 0 aliphatic rings. The molecule has 1 heterocycles. The van der Waals surface area contributed by atoms with Crippen molar-refractivity contribution in [2.24, 2.45) is 17.8 Å². The van der Waals surface area contributed by atoms with Crippen molar-refractivity contribution in [1.82, 2.24) is 4.98 Å². The Kier molecular flexibility index (Phi) is 4.46. The van der Waals surface area contributed by atoms with Crippen LogP contribution in [0.25, 0.3) is 10.2 Å². The van der Waals surface area contributed by atoms with Gasteiger partial charge in [-0.25, -0.2) is 4.98 Å². The van der Waals surface area contributed by atoms with Gasteiger partial charge >= 0.3 is 0 Å². The van der Waals surface area contributed by atoms with Crippen LogP contribution in [0.3, 0.4) is 0 Å². The van der Waals surface area contributed by atoms with Gasteiger partial charge in [-0.1, -0.05) is 45.1 Å². The molecule has 3 heteroatoms. The van der Waals surface area contributed by atoms with Crippen LogP contribution in [0, 0.1) is 24.7 Å². The predicted molar refractivity (Wildman–Crippen MR) is 86.0 cm³/mol. The Morgan fingerprint density at radius 3 is 2.47 bits per heavy atom. The molecule has 0 fully saturated rings. The molecule has 2 nitrogen and oxygen atoms in total. The molecular formula is C16H24N2S. The lowest BCUT2D eigenvalue weighted by Crippen LogP contribution is -2.24. The van der Waals surface area contributed by atoms with Gasteiger partial charge in [0.1, 0.15) is 0 Å². The number of rotatable bonds is 5. The first-order valence-corrected chi connectivity index (χ1v) is 7.90. The minimum atomic E-state index is 0.689. The first-order valence-electron chi connectivity index (χ1n) is 7.08. The number of benzene rings is 1. The van der Waals surface area contributed by atoms with Crippen molar-refractivity contribution in [2.45, 2.75) is 34.6 Å². The standard InChI is InChI=1S/C16H24N2S/c1-10(2)13(11(3)4)9-17-16-18-14-8-12(5)6-7-15(14)19-16/h6-8,10-11,13H,9H2,1-5H3,(H,17,18). The molecule has 2 aromatic rings. The molecule has 0 saturated heterocycles. The van der Waals surface area contributed by atoms with Crippen LogP contribution in [0.2, 0.25) is 0 Å².